The van der Waals surface area contributed by atoms with Crippen molar-refractivity contribution >= 4 is 24.0 Å². The molecule has 132 valence electrons. The molecular formula is C21H25NO2S. The van der Waals surface area contributed by atoms with Crippen molar-refractivity contribution in [1.29, 1.82) is 0 Å². The number of hydrogen-bond donors (Lipinski definition) is 3. The molecule has 0 radical (unpaired) electrons. The van der Waals surface area contributed by atoms with Crippen LogP contribution in [-0.2, 0) is 6.42 Å². The normalized spacial score (nSPS) is 11.5. The Kier molecular flexibility index (Phi) is 5.85. The maximum Gasteiger partial charge on any atom is 0.128 e. The highest BCUT2D eigenvalue weighted by molar-refractivity contribution is 7.84. The van der Waals surface area contributed by atoms with Crippen LogP contribution in [0.5, 0.6) is 11.5 Å². The van der Waals surface area contributed by atoms with Crippen LogP contribution in [-0.4, -0.2) is 10.2 Å². The molecule has 0 aliphatic carbocycles. The second-order valence-corrected chi connectivity index (χ2v) is 6.58. The minimum absolute atomic E-state index is 0.0205. The molecule has 0 bridgehead atoms. The van der Waals surface area contributed by atoms with Crippen LogP contribution in [0.25, 0.3) is 5.70 Å². The minimum atomic E-state index is 0.0205. The Morgan fingerprint density at radius 2 is 1.84 bits per heavy atom. The molecule has 0 aromatic heterocycles. The molecule has 0 spiro atoms. The summed E-state index contributed by atoms with van der Waals surface area (Å²) in [6, 6.07) is 9.36. The Bertz CT molecular complexity index is 840. The number of hydrogen-bond acceptors (Lipinski definition) is 4. The van der Waals surface area contributed by atoms with E-state index in [4.69, 9.17) is 0 Å². The number of rotatable bonds is 5. The lowest BCUT2D eigenvalue weighted by atomic mass is 10.0. The molecule has 0 unspecified atom stereocenters. The van der Waals surface area contributed by atoms with Gasteiger partial charge in [0, 0.05) is 17.3 Å². The zero-order valence-corrected chi connectivity index (χ0v) is 16.1. The summed E-state index contributed by atoms with van der Waals surface area (Å²) in [5.74, 6) is 0.120. The first-order valence-corrected chi connectivity index (χ1v) is 8.71. The minimum Gasteiger partial charge on any atom is -0.508 e. The predicted molar refractivity (Wildman–Crippen MR) is 109 cm³/mol. The molecule has 0 heterocycles. The van der Waals surface area contributed by atoms with Gasteiger partial charge in [0.15, 0.2) is 0 Å². The molecule has 0 atom stereocenters. The molecule has 2 aromatic rings. The van der Waals surface area contributed by atoms with E-state index < -0.39 is 0 Å². The Hall–Kier alpha value is -2.33. The molecule has 2 rings (SSSR count). The number of thiol groups is 1. The smallest absolute Gasteiger partial charge is 0.128 e. The molecule has 4 heteroatoms. The Morgan fingerprint density at radius 3 is 2.36 bits per heavy atom. The summed E-state index contributed by atoms with van der Waals surface area (Å²) in [5.41, 5.74) is 5.38. The number of nitrogens with zero attached hydrogens (tertiary/aromatic N) is 1. The molecule has 2 aromatic carbocycles. The second-order valence-electron chi connectivity index (χ2n) is 6.07. The van der Waals surface area contributed by atoms with Crippen molar-refractivity contribution in [2.75, 3.05) is 4.90 Å². The Balaban J connectivity index is 2.66. The standard InChI is InChI=1S/C21H25NO2S/c1-6-16-11-17(21(24)12-20(16)23)18(7-2)22(15(5)25)19-9-8-13(3)10-14(19)4/h7-12,23-25H,5-6H2,1-4H3/b18-7-. The van der Waals surface area contributed by atoms with E-state index in [1.54, 1.807) is 0 Å². The van der Waals surface area contributed by atoms with Crippen molar-refractivity contribution in [1.82, 2.24) is 0 Å². The van der Waals surface area contributed by atoms with Crippen LogP contribution in [0.2, 0.25) is 0 Å². The van der Waals surface area contributed by atoms with Crippen molar-refractivity contribution in [2.45, 2.75) is 34.1 Å². The van der Waals surface area contributed by atoms with E-state index in [0.29, 0.717) is 17.0 Å². The van der Waals surface area contributed by atoms with Crippen molar-refractivity contribution < 1.29 is 10.2 Å². The quantitative estimate of drug-likeness (QED) is 0.617. The van der Waals surface area contributed by atoms with Gasteiger partial charge in [-0.05, 0) is 50.5 Å². The van der Waals surface area contributed by atoms with Gasteiger partial charge in [-0.1, -0.05) is 37.3 Å². The molecule has 2 N–H and O–H groups in total. The van der Waals surface area contributed by atoms with E-state index in [9.17, 15) is 10.2 Å². The number of phenols is 2. The van der Waals surface area contributed by atoms with E-state index in [0.717, 1.165) is 22.5 Å². The lowest BCUT2D eigenvalue weighted by molar-refractivity contribution is 0.445. The predicted octanol–water partition coefficient (Wildman–Crippen LogP) is 5.55. The van der Waals surface area contributed by atoms with E-state index >= 15 is 0 Å². The van der Waals surface area contributed by atoms with Gasteiger partial charge < -0.3 is 15.1 Å². The summed E-state index contributed by atoms with van der Waals surface area (Å²) in [7, 11) is 0. The summed E-state index contributed by atoms with van der Waals surface area (Å²) in [5, 5.41) is 21.0. The summed E-state index contributed by atoms with van der Waals surface area (Å²) in [4.78, 5) is 1.91. The average molecular weight is 356 g/mol. The van der Waals surface area contributed by atoms with Crippen LogP contribution < -0.4 is 4.90 Å². The SMILES string of the molecule is C=C(S)N(/C(=C\C)c1cc(CC)c(O)cc1O)c1ccc(C)cc1C. The average Bonchev–Trinajstić information content (AvgIpc) is 2.54. The third kappa shape index (κ3) is 3.85. The number of aromatic hydroxyl groups is 2. The van der Waals surface area contributed by atoms with Gasteiger partial charge in [0.05, 0.1) is 10.7 Å². The van der Waals surface area contributed by atoms with Crippen LogP contribution in [0.3, 0.4) is 0 Å². The highest BCUT2D eigenvalue weighted by atomic mass is 32.1. The van der Waals surface area contributed by atoms with Crippen LogP contribution in [0.4, 0.5) is 5.69 Å². The molecule has 0 saturated carbocycles. The van der Waals surface area contributed by atoms with Gasteiger partial charge in [0.1, 0.15) is 11.5 Å². The molecule has 0 aliphatic rings. The van der Waals surface area contributed by atoms with Crippen molar-refractivity contribution in [3.8, 4) is 11.5 Å². The van der Waals surface area contributed by atoms with Crippen LogP contribution in [0.15, 0.2) is 48.0 Å². The monoisotopic (exact) mass is 355 g/mol. The topological polar surface area (TPSA) is 43.7 Å². The number of aryl methyl sites for hydroxylation is 3. The van der Waals surface area contributed by atoms with Gasteiger partial charge in [-0.3, -0.25) is 0 Å². The Labute approximate surface area is 155 Å². The molecule has 0 fully saturated rings. The van der Waals surface area contributed by atoms with Crippen molar-refractivity contribution in [2.24, 2.45) is 0 Å². The summed E-state index contributed by atoms with van der Waals surface area (Å²) < 4.78 is 0. The van der Waals surface area contributed by atoms with Crippen molar-refractivity contribution in [3.63, 3.8) is 0 Å². The number of benzene rings is 2. The van der Waals surface area contributed by atoms with Gasteiger partial charge in [-0.25, -0.2) is 0 Å². The molecule has 25 heavy (non-hydrogen) atoms. The first-order valence-electron chi connectivity index (χ1n) is 8.26. The van der Waals surface area contributed by atoms with E-state index in [-0.39, 0.29) is 11.5 Å². The third-order valence-electron chi connectivity index (χ3n) is 4.22. The zero-order chi connectivity index (χ0) is 18.7. The van der Waals surface area contributed by atoms with Gasteiger partial charge in [0.25, 0.3) is 0 Å². The van der Waals surface area contributed by atoms with Crippen molar-refractivity contribution in [3.05, 3.63) is 70.3 Å². The summed E-state index contributed by atoms with van der Waals surface area (Å²) in [6.07, 6.45) is 2.58. The van der Waals surface area contributed by atoms with Gasteiger partial charge >= 0.3 is 0 Å². The molecule has 0 saturated heterocycles. The Morgan fingerprint density at radius 1 is 1.16 bits per heavy atom. The van der Waals surface area contributed by atoms with Crippen LogP contribution in [0.1, 0.15) is 36.1 Å². The second kappa shape index (κ2) is 7.70. The molecule has 0 aliphatic heterocycles. The van der Waals surface area contributed by atoms with Crippen LogP contribution >= 0.6 is 12.6 Å². The lowest BCUT2D eigenvalue weighted by Gasteiger charge is -2.29. The zero-order valence-electron chi connectivity index (χ0n) is 15.2. The number of phenolic OH excluding ortho intramolecular Hbond substituents is 2. The van der Waals surface area contributed by atoms with Crippen LogP contribution in [0, 0.1) is 13.8 Å². The van der Waals surface area contributed by atoms with Gasteiger partial charge in [-0.2, -0.15) is 0 Å². The highest BCUT2D eigenvalue weighted by Gasteiger charge is 2.20. The fourth-order valence-electron chi connectivity index (χ4n) is 2.98. The lowest BCUT2D eigenvalue weighted by Crippen LogP contribution is -2.19. The largest absolute Gasteiger partial charge is 0.508 e. The first-order chi connectivity index (χ1) is 11.8. The fraction of sp³-hybridized carbons (Fsp3) is 0.238. The van der Waals surface area contributed by atoms with Gasteiger partial charge in [-0.15, -0.1) is 12.6 Å². The first kappa shape index (κ1) is 19.0. The van der Waals surface area contributed by atoms with E-state index in [1.165, 1.54) is 11.6 Å². The summed E-state index contributed by atoms with van der Waals surface area (Å²) in [6.45, 7) is 11.9. The van der Waals surface area contributed by atoms with E-state index in [2.05, 4.69) is 25.3 Å². The van der Waals surface area contributed by atoms with Gasteiger partial charge in [0.2, 0.25) is 0 Å². The molecular weight excluding hydrogens is 330 g/mol. The molecule has 0 amide bonds. The highest BCUT2D eigenvalue weighted by Crippen LogP contribution is 2.39. The maximum atomic E-state index is 10.4. The number of anilines is 1. The fourth-order valence-corrected chi connectivity index (χ4v) is 3.20. The number of allylic oxidation sites excluding steroid dienone is 1. The maximum absolute atomic E-state index is 10.4. The molecule has 3 nitrogen and oxygen atoms in total. The van der Waals surface area contributed by atoms with E-state index in [1.807, 2.05) is 56.9 Å². The third-order valence-corrected chi connectivity index (χ3v) is 4.42. The summed E-state index contributed by atoms with van der Waals surface area (Å²) >= 11 is 4.48.